The Morgan fingerprint density at radius 3 is 2.19 bits per heavy atom. The zero-order chi connectivity index (χ0) is 22.4. The number of carbonyl (C=O) groups excluding carboxylic acids is 2. The Balaban J connectivity index is 1.55. The summed E-state index contributed by atoms with van der Waals surface area (Å²) in [4.78, 5) is 33.5. The molecule has 2 amide bonds. The first-order valence-electron chi connectivity index (χ1n) is 12.1. The van der Waals surface area contributed by atoms with Gasteiger partial charge in [0.05, 0.1) is 5.41 Å². The number of rotatable bonds is 4. The van der Waals surface area contributed by atoms with Gasteiger partial charge in [-0.05, 0) is 58.1 Å². The molecular formula is C26H39N3O2. The Bertz CT molecular complexity index is 836. The standard InChI is InChI=1S/C26H39N3O2/c1-6-28-12-9-26(24(28)31)18-27(16-19(2)3)17-25(26)7-10-29(11-8-25)23(30)22-14-20(4)13-21(5)15-22/h13-15,19H,6-12,16-18H2,1-5H3/t26-/m0/s1. The Labute approximate surface area is 187 Å². The Morgan fingerprint density at radius 1 is 1.00 bits per heavy atom. The number of fused-ring (bicyclic) bond motifs is 1. The van der Waals surface area contributed by atoms with E-state index in [0.29, 0.717) is 11.8 Å². The van der Waals surface area contributed by atoms with Crippen LogP contribution in [0.2, 0.25) is 0 Å². The van der Waals surface area contributed by atoms with Crippen LogP contribution in [0.5, 0.6) is 0 Å². The topological polar surface area (TPSA) is 43.9 Å². The minimum atomic E-state index is -0.257. The molecule has 3 heterocycles. The van der Waals surface area contributed by atoms with Gasteiger partial charge in [0.2, 0.25) is 5.91 Å². The van der Waals surface area contributed by atoms with Crippen molar-refractivity contribution in [3.8, 4) is 0 Å². The highest BCUT2D eigenvalue weighted by atomic mass is 16.2. The maximum Gasteiger partial charge on any atom is 0.253 e. The number of aryl methyl sites for hydroxylation is 2. The van der Waals surface area contributed by atoms with Crippen molar-refractivity contribution in [3.05, 3.63) is 34.9 Å². The summed E-state index contributed by atoms with van der Waals surface area (Å²) in [5, 5.41) is 0. The number of carbonyl (C=O) groups is 2. The fourth-order valence-electron chi connectivity index (χ4n) is 6.66. The molecule has 3 aliphatic heterocycles. The first-order valence-corrected chi connectivity index (χ1v) is 12.1. The summed E-state index contributed by atoms with van der Waals surface area (Å²) >= 11 is 0. The Kier molecular flexibility index (Phi) is 5.93. The molecule has 1 aromatic carbocycles. The normalized spacial score (nSPS) is 26.1. The molecule has 3 fully saturated rings. The van der Waals surface area contributed by atoms with E-state index in [4.69, 9.17) is 0 Å². The van der Waals surface area contributed by atoms with E-state index in [0.717, 1.165) is 81.8 Å². The van der Waals surface area contributed by atoms with Gasteiger partial charge in [-0.1, -0.05) is 31.0 Å². The van der Waals surface area contributed by atoms with E-state index < -0.39 is 0 Å². The smallest absolute Gasteiger partial charge is 0.253 e. The van der Waals surface area contributed by atoms with Gasteiger partial charge in [0.15, 0.2) is 0 Å². The summed E-state index contributed by atoms with van der Waals surface area (Å²) in [5.41, 5.74) is 2.80. The third kappa shape index (κ3) is 3.79. The van der Waals surface area contributed by atoms with E-state index >= 15 is 0 Å². The molecule has 0 aliphatic carbocycles. The summed E-state index contributed by atoms with van der Waals surface area (Å²) in [6.07, 6.45) is 2.84. The third-order valence-corrected chi connectivity index (χ3v) is 8.02. The van der Waals surface area contributed by atoms with Crippen molar-refractivity contribution in [2.24, 2.45) is 16.7 Å². The predicted molar refractivity (Wildman–Crippen MR) is 124 cm³/mol. The largest absolute Gasteiger partial charge is 0.342 e. The van der Waals surface area contributed by atoms with Gasteiger partial charge in [-0.3, -0.25) is 9.59 Å². The molecule has 0 radical (unpaired) electrons. The van der Waals surface area contributed by atoms with Crippen molar-refractivity contribution in [2.75, 3.05) is 45.8 Å². The molecule has 0 bridgehead atoms. The monoisotopic (exact) mass is 425 g/mol. The highest BCUT2D eigenvalue weighted by Gasteiger charge is 2.64. The van der Waals surface area contributed by atoms with Gasteiger partial charge >= 0.3 is 0 Å². The van der Waals surface area contributed by atoms with Gasteiger partial charge in [0, 0.05) is 56.8 Å². The van der Waals surface area contributed by atoms with Crippen LogP contribution >= 0.6 is 0 Å². The molecule has 2 spiro atoms. The van der Waals surface area contributed by atoms with Crippen molar-refractivity contribution < 1.29 is 9.59 Å². The van der Waals surface area contributed by atoms with Gasteiger partial charge in [-0.25, -0.2) is 0 Å². The van der Waals surface area contributed by atoms with Crippen LogP contribution in [0.25, 0.3) is 0 Å². The van der Waals surface area contributed by atoms with Gasteiger partial charge < -0.3 is 14.7 Å². The lowest BCUT2D eigenvalue weighted by Crippen LogP contribution is -2.53. The van der Waals surface area contributed by atoms with Crippen LogP contribution in [0, 0.1) is 30.6 Å². The highest BCUT2D eigenvalue weighted by molar-refractivity contribution is 5.94. The van der Waals surface area contributed by atoms with E-state index in [1.54, 1.807) is 0 Å². The molecule has 0 aromatic heterocycles. The van der Waals surface area contributed by atoms with Crippen LogP contribution in [-0.2, 0) is 4.79 Å². The lowest BCUT2D eigenvalue weighted by atomic mass is 9.60. The quantitative estimate of drug-likeness (QED) is 0.738. The molecule has 1 atom stereocenters. The molecule has 31 heavy (non-hydrogen) atoms. The van der Waals surface area contributed by atoms with Crippen molar-refractivity contribution in [1.29, 1.82) is 0 Å². The molecule has 3 saturated heterocycles. The molecule has 0 unspecified atom stereocenters. The molecule has 5 nitrogen and oxygen atoms in total. The average molecular weight is 426 g/mol. The number of piperidine rings is 1. The van der Waals surface area contributed by atoms with Gasteiger partial charge in [-0.2, -0.15) is 0 Å². The summed E-state index contributed by atoms with van der Waals surface area (Å²) in [6, 6.07) is 6.11. The number of likely N-dealkylation sites (tertiary alicyclic amines) is 3. The number of hydrogen-bond donors (Lipinski definition) is 0. The average Bonchev–Trinajstić information content (AvgIpc) is 3.18. The zero-order valence-corrected chi connectivity index (χ0v) is 20.0. The van der Waals surface area contributed by atoms with Gasteiger partial charge in [0.1, 0.15) is 0 Å². The van der Waals surface area contributed by atoms with E-state index in [-0.39, 0.29) is 16.7 Å². The van der Waals surface area contributed by atoms with E-state index in [1.807, 2.05) is 30.9 Å². The molecule has 0 N–H and O–H groups in total. The van der Waals surface area contributed by atoms with Crippen molar-refractivity contribution >= 4 is 11.8 Å². The van der Waals surface area contributed by atoms with Crippen LogP contribution in [-0.4, -0.2) is 72.3 Å². The maximum atomic E-state index is 13.6. The molecule has 170 valence electrons. The van der Waals surface area contributed by atoms with Crippen molar-refractivity contribution in [2.45, 2.75) is 53.9 Å². The zero-order valence-electron chi connectivity index (χ0n) is 20.0. The first kappa shape index (κ1) is 22.3. The van der Waals surface area contributed by atoms with Crippen LogP contribution in [0.15, 0.2) is 18.2 Å². The number of amides is 2. The first-order chi connectivity index (χ1) is 14.7. The summed E-state index contributed by atoms with van der Waals surface area (Å²) in [5.74, 6) is 1.10. The molecule has 0 saturated carbocycles. The van der Waals surface area contributed by atoms with Gasteiger partial charge in [-0.15, -0.1) is 0 Å². The second-order valence-electron chi connectivity index (χ2n) is 10.7. The second-order valence-corrected chi connectivity index (χ2v) is 10.7. The lowest BCUT2D eigenvalue weighted by Gasteiger charge is -2.47. The fraction of sp³-hybridized carbons (Fsp3) is 0.692. The Hall–Kier alpha value is -1.88. The van der Waals surface area contributed by atoms with Crippen molar-refractivity contribution in [3.63, 3.8) is 0 Å². The molecule has 3 aliphatic rings. The lowest BCUT2D eigenvalue weighted by molar-refractivity contribution is -0.141. The van der Waals surface area contributed by atoms with E-state index in [1.165, 1.54) is 0 Å². The fourth-order valence-corrected chi connectivity index (χ4v) is 6.66. The summed E-state index contributed by atoms with van der Waals surface area (Å²) < 4.78 is 0. The van der Waals surface area contributed by atoms with E-state index in [9.17, 15) is 9.59 Å². The summed E-state index contributed by atoms with van der Waals surface area (Å²) in [7, 11) is 0. The van der Waals surface area contributed by atoms with Crippen molar-refractivity contribution in [1.82, 2.24) is 14.7 Å². The number of hydrogen-bond acceptors (Lipinski definition) is 3. The minimum Gasteiger partial charge on any atom is -0.342 e. The van der Waals surface area contributed by atoms with E-state index in [2.05, 4.69) is 36.6 Å². The van der Waals surface area contributed by atoms with Crippen LogP contribution in [0.4, 0.5) is 0 Å². The highest BCUT2D eigenvalue weighted by Crippen LogP contribution is 2.58. The number of nitrogens with zero attached hydrogens (tertiary/aromatic N) is 3. The maximum absolute atomic E-state index is 13.6. The third-order valence-electron chi connectivity index (χ3n) is 8.02. The van der Waals surface area contributed by atoms with Crippen LogP contribution in [0.1, 0.15) is 61.5 Å². The summed E-state index contributed by atoms with van der Waals surface area (Å²) in [6.45, 7) is 16.9. The molecular weight excluding hydrogens is 386 g/mol. The van der Waals surface area contributed by atoms with Gasteiger partial charge in [0.25, 0.3) is 5.91 Å². The molecule has 5 heteroatoms. The SMILES string of the molecule is CCN1CC[C@]2(CN(CC(C)C)CC23CCN(C(=O)c2cc(C)cc(C)c2)CC3)C1=O. The number of benzene rings is 1. The predicted octanol–water partition coefficient (Wildman–Crippen LogP) is 3.74. The molecule has 1 aromatic rings. The minimum absolute atomic E-state index is 0.00218. The molecule has 4 rings (SSSR count). The van der Waals surface area contributed by atoms with Crippen LogP contribution in [0.3, 0.4) is 0 Å². The Morgan fingerprint density at radius 2 is 1.65 bits per heavy atom. The van der Waals surface area contributed by atoms with Crippen LogP contribution < -0.4 is 0 Å². The second kappa shape index (κ2) is 8.23.